The van der Waals surface area contributed by atoms with Crippen LogP contribution < -0.4 is 10.6 Å². The number of rotatable bonds is 6. The molecule has 3 aromatic rings. The van der Waals surface area contributed by atoms with Crippen LogP contribution in [0, 0.1) is 19.3 Å². The largest absolute Gasteiger partial charge is 0.361 e. The Morgan fingerprint density at radius 1 is 1.07 bits per heavy atom. The predicted octanol–water partition coefficient (Wildman–Crippen LogP) is 3.86. The van der Waals surface area contributed by atoms with Crippen LogP contribution in [0.1, 0.15) is 29.5 Å². The van der Waals surface area contributed by atoms with Gasteiger partial charge in [-0.25, -0.2) is 0 Å². The molecule has 0 saturated heterocycles. The number of carbonyl (C=O) groups excluding carboxylic acids is 2. The zero-order chi connectivity index (χ0) is 19.7. The third kappa shape index (κ3) is 3.40. The molecule has 0 unspecified atom stereocenters. The summed E-state index contributed by atoms with van der Waals surface area (Å²) in [6, 6.07) is 14.0. The van der Waals surface area contributed by atoms with E-state index in [9.17, 15) is 9.59 Å². The minimum Gasteiger partial charge on any atom is -0.361 e. The van der Waals surface area contributed by atoms with Gasteiger partial charge < -0.3 is 15.6 Å². The highest BCUT2D eigenvalue weighted by Gasteiger charge is 2.56. The number of carbonyl (C=O) groups is 2. The van der Waals surface area contributed by atoms with E-state index in [4.69, 9.17) is 0 Å². The molecule has 28 heavy (non-hydrogen) atoms. The maximum absolute atomic E-state index is 12.8. The van der Waals surface area contributed by atoms with Gasteiger partial charge >= 0.3 is 0 Å². The van der Waals surface area contributed by atoms with Crippen molar-refractivity contribution in [1.29, 1.82) is 0 Å². The summed E-state index contributed by atoms with van der Waals surface area (Å²) in [7, 11) is 0. The fourth-order valence-corrected chi connectivity index (χ4v) is 3.61. The van der Waals surface area contributed by atoms with Gasteiger partial charge in [-0.3, -0.25) is 9.59 Å². The highest BCUT2D eigenvalue weighted by atomic mass is 16.2. The summed E-state index contributed by atoms with van der Waals surface area (Å²) in [5.41, 5.74) is 4.19. The molecular formula is C23H25N3O2. The monoisotopic (exact) mass is 375 g/mol. The number of fused-ring (bicyclic) bond motifs is 1. The Kier molecular flexibility index (Phi) is 4.67. The lowest BCUT2D eigenvalue weighted by Crippen LogP contribution is -2.40. The topological polar surface area (TPSA) is 74.0 Å². The van der Waals surface area contributed by atoms with E-state index < -0.39 is 5.41 Å². The Hall–Kier alpha value is -3.08. The Morgan fingerprint density at radius 3 is 2.64 bits per heavy atom. The Bertz CT molecular complexity index is 1050. The first-order valence-electron chi connectivity index (χ1n) is 9.72. The summed E-state index contributed by atoms with van der Waals surface area (Å²) in [4.78, 5) is 28.8. The molecule has 3 N–H and O–H groups in total. The van der Waals surface area contributed by atoms with Crippen molar-refractivity contribution in [1.82, 2.24) is 10.3 Å². The van der Waals surface area contributed by atoms with Gasteiger partial charge in [-0.15, -0.1) is 0 Å². The van der Waals surface area contributed by atoms with Gasteiger partial charge in [-0.05, 0) is 61.9 Å². The summed E-state index contributed by atoms with van der Waals surface area (Å²) in [5, 5.41) is 7.10. The second kappa shape index (κ2) is 7.15. The highest BCUT2D eigenvalue weighted by Crippen LogP contribution is 2.47. The summed E-state index contributed by atoms with van der Waals surface area (Å²) in [5.74, 6) is -0.374. The number of anilines is 1. The van der Waals surface area contributed by atoms with Gasteiger partial charge in [0.1, 0.15) is 5.41 Å². The van der Waals surface area contributed by atoms with Crippen molar-refractivity contribution in [2.24, 2.45) is 5.41 Å². The smallest absolute Gasteiger partial charge is 0.240 e. The predicted molar refractivity (Wildman–Crippen MR) is 111 cm³/mol. The van der Waals surface area contributed by atoms with Crippen molar-refractivity contribution in [3.8, 4) is 0 Å². The number of para-hydroxylation sites is 1. The van der Waals surface area contributed by atoms with Crippen LogP contribution in [0.15, 0.2) is 48.7 Å². The molecule has 1 saturated carbocycles. The van der Waals surface area contributed by atoms with Gasteiger partial charge in [0, 0.05) is 29.3 Å². The van der Waals surface area contributed by atoms with Crippen LogP contribution in [0.3, 0.4) is 0 Å². The highest BCUT2D eigenvalue weighted by molar-refractivity contribution is 6.13. The van der Waals surface area contributed by atoms with Crippen molar-refractivity contribution in [3.63, 3.8) is 0 Å². The molecule has 1 fully saturated rings. The van der Waals surface area contributed by atoms with E-state index in [-0.39, 0.29) is 11.8 Å². The molecule has 0 bridgehead atoms. The molecule has 1 aliphatic carbocycles. The molecule has 144 valence electrons. The fraction of sp³-hybridized carbons (Fsp3) is 0.304. The van der Waals surface area contributed by atoms with Crippen LogP contribution in [0.5, 0.6) is 0 Å². The molecule has 0 radical (unpaired) electrons. The van der Waals surface area contributed by atoms with Gasteiger partial charge in [0.2, 0.25) is 11.8 Å². The number of aromatic amines is 1. The maximum Gasteiger partial charge on any atom is 0.240 e. The lowest BCUT2D eigenvalue weighted by Gasteiger charge is -2.17. The summed E-state index contributed by atoms with van der Waals surface area (Å²) >= 11 is 0. The lowest BCUT2D eigenvalue weighted by molar-refractivity contribution is -0.134. The normalized spacial score (nSPS) is 14.6. The SMILES string of the molecule is Cc1ccc(C)c(NC(=O)C2(C(=O)NCCc3c[nH]c4ccccc34)CC2)c1. The molecule has 0 atom stereocenters. The molecule has 2 amide bonds. The van der Waals surface area contributed by atoms with E-state index in [1.54, 1.807) is 0 Å². The molecule has 1 aliphatic rings. The van der Waals surface area contributed by atoms with E-state index in [0.29, 0.717) is 19.4 Å². The second-order valence-electron chi connectivity index (χ2n) is 7.72. The minimum absolute atomic E-state index is 0.171. The number of hydrogen-bond acceptors (Lipinski definition) is 2. The number of hydrogen-bond donors (Lipinski definition) is 3. The van der Waals surface area contributed by atoms with Crippen molar-refractivity contribution in [3.05, 3.63) is 65.4 Å². The maximum atomic E-state index is 12.8. The number of benzene rings is 2. The van der Waals surface area contributed by atoms with Crippen molar-refractivity contribution in [2.45, 2.75) is 33.1 Å². The molecular weight excluding hydrogens is 350 g/mol. The van der Waals surface area contributed by atoms with Gasteiger partial charge in [0.05, 0.1) is 0 Å². The summed E-state index contributed by atoms with van der Waals surface area (Å²) < 4.78 is 0. The number of aromatic nitrogens is 1. The van der Waals surface area contributed by atoms with Crippen LogP contribution in [0.25, 0.3) is 10.9 Å². The quantitative estimate of drug-likeness (QED) is 0.572. The molecule has 0 aliphatic heterocycles. The Balaban J connectivity index is 1.37. The average Bonchev–Trinajstić information content (AvgIpc) is 3.41. The van der Waals surface area contributed by atoms with E-state index in [2.05, 4.69) is 21.7 Å². The molecule has 5 heteroatoms. The molecule has 2 aromatic carbocycles. The van der Waals surface area contributed by atoms with Gasteiger partial charge in [-0.2, -0.15) is 0 Å². The Labute approximate surface area is 164 Å². The van der Waals surface area contributed by atoms with Gasteiger partial charge in [-0.1, -0.05) is 30.3 Å². The third-order valence-electron chi connectivity index (χ3n) is 5.62. The number of H-pyrrole nitrogens is 1. The van der Waals surface area contributed by atoms with Crippen molar-refractivity contribution in [2.75, 3.05) is 11.9 Å². The molecule has 1 heterocycles. The molecule has 0 spiro atoms. The second-order valence-corrected chi connectivity index (χ2v) is 7.72. The first-order valence-corrected chi connectivity index (χ1v) is 9.72. The van der Waals surface area contributed by atoms with Gasteiger partial charge in [0.25, 0.3) is 0 Å². The van der Waals surface area contributed by atoms with E-state index in [0.717, 1.165) is 28.8 Å². The van der Waals surface area contributed by atoms with Crippen LogP contribution in [-0.2, 0) is 16.0 Å². The Morgan fingerprint density at radius 2 is 1.86 bits per heavy atom. The summed E-state index contributed by atoms with van der Waals surface area (Å²) in [6.45, 7) is 4.45. The molecule has 4 rings (SSSR count). The van der Waals surface area contributed by atoms with E-state index in [1.807, 2.05) is 56.4 Å². The third-order valence-corrected chi connectivity index (χ3v) is 5.62. The lowest BCUT2D eigenvalue weighted by atomic mass is 10.0. The fourth-order valence-electron chi connectivity index (χ4n) is 3.61. The first kappa shape index (κ1) is 18.3. The standard InChI is InChI=1S/C23H25N3O2/c1-15-7-8-16(2)20(13-15)26-22(28)23(10-11-23)21(27)24-12-9-17-14-25-19-6-4-3-5-18(17)19/h3-8,13-14,25H,9-12H2,1-2H3,(H,24,27)(H,26,28). The minimum atomic E-state index is -0.920. The zero-order valence-electron chi connectivity index (χ0n) is 16.3. The van der Waals surface area contributed by atoms with Gasteiger partial charge in [0.15, 0.2) is 0 Å². The number of nitrogens with one attached hydrogen (secondary N) is 3. The zero-order valence-corrected chi connectivity index (χ0v) is 16.3. The van der Waals surface area contributed by atoms with Crippen LogP contribution in [0.2, 0.25) is 0 Å². The van der Waals surface area contributed by atoms with Crippen molar-refractivity contribution >= 4 is 28.4 Å². The molecule has 1 aromatic heterocycles. The van der Waals surface area contributed by atoms with Crippen LogP contribution >= 0.6 is 0 Å². The summed E-state index contributed by atoms with van der Waals surface area (Å²) in [6.07, 6.45) is 3.91. The average molecular weight is 375 g/mol. The number of aryl methyl sites for hydroxylation is 2. The van der Waals surface area contributed by atoms with E-state index >= 15 is 0 Å². The number of amides is 2. The van der Waals surface area contributed by atoms with Crippen LogP contribution in [-0.4, -0.2) is 23.3 Å². The van der Waals surface area contributed by atoms with E-state index in [1.165, 1.54) is 10.9 Å². The first-order chi connectivity index (χ1) is 13.5. The molecule has 5 nitrogen and oxygen atoms in total. The van der Waals surface area contributed by atoms with Crippen LogP contribution in [0.4, 0.5) is 5.69 Å². The van der Waals surface area contributed by atoms with Crippen molar-refractivity contribution < 1.29 is 9.59 Å².